The number of halogens is 1. The Morgan fingerprint density at radius 2 is 2.20 bits per heavy atom. The molecule has 1 aromatic rings. The van der Waals surface area contributed by atoms with Crippen molar-refractivity contribution in [3.05, 3.63) is 29.8 Å². The summed E-state index contributed by atoms with van der Waals surface area (Å²) >= 11 is 0. The first-order valence-corrected chi connectivity index (χ1v) is 5.10. The van der Waals surface area contributed by atoms with Gasteiger partial charge in [0.05, 0.1) is 6.54 Å². The number of carbonyl (C=O) groups excluding carboxylic acids is 1. The third-order valence-corrected chi connectivity index (χ3v) is 2.83. The second kappa shape index (κ2) is 3.65. The molecule has 80 valence electrons. The summed E-state index contributed by atoms with van der Waals surface area (Å²) in [6.07, 6.45) is 1.35. The van der Waals surface area contributed by atoms with Gasteiger partial charge in [-0.05, 0) is 19.1 Å². The molecule has 1 fully saturated rings. The molecule has 1 atom stereocenters. The standard InChI is InChI=1S/C12H14FNO/c1-12(13)6-7-14(9-12)11-5-3-2-4-10(11)8-15/h2-5,8H,6-7,9H2,1H3. The van der Waals surface area contributed by atoms with Crippen LogP contribution in [-0.4, -0.2) is 25.0 Å². The van der Waals surface area contributed by atoms with Crippen molar-refractivity contribution in [2.75, 3.05) is 18.0 Å². The zero-order valence-corrected chi connectivity index (χ0v) is 8.74. The molecule has 3 heteroatoms. The van der Waals surface area contributed by atoms with Crippen LogP contribution in [0.4, 0.5) is 10.1 Å². The Bertz CT molecular complexity index is 376. The minimum absolute atomic E-state index is 0.373. The summed E-state index contributed by atoms with van der Waals surface area (Å²) < 4.78 is 13.7. The van der Waals surface area contributed by atoms with Gasteiger partial charge in [-0.25, -0.2) is 4.39 Å². The highest BCUT2D eigenvalue weighted by Gasteiger charge is 2.34. The predicted octanol–water partition coefficient (Wildman–Crippen LogP) is 2.44. The van der Waals surface area contributed by atoms with Gasteiger partial charge in [0.25, 0.3) is 0 Å². The molecule has 0 saturated carbocycles. The number of alkyl halides is 1. The van der Waals surface area contributed by atoms with Crippen molar-refractivity contribution in [2.45, 2.75) is 19.0 Å². The van der Waals surface area contributed by atoms with E-state index in [0.717, 1.165) is 12.0 Å². The van der Waals surface area contributed by atoms with Crippen molar-refractivity contribution >= 4 is 12.0 Å². The Kier molecular flexibility index (Phi) is 2.47. The minimum atomic E-state index is -1.13. The quantitative estimate of drug-likeness (QED) is 0.694. The Labute approximate surface area is 88.7 Å². The fraction of sp³-hybridized carbons (Fsp3) is 0.417. The van der Waals surface area contributed by atoms with Crippen molar-refractivity contribution in [3.8, 4) is 0 Å². The molecule has 2 nitrogen and oxygen atoms in total. The van der Waals surface area contributed by atoms with Gasteiger partial charge >= 0.3 is 0 Å². The first-order valence-electron chi connectivity index (χ1n) is 5.10. The number of para-hydroxylation sites is 1. The fourth-order valence-electron chi connectivity index (χ4n) is 2.00. The van der Waals surface area contributed by atoms with Crippen molar-refractivity contribution in [3.63, 3.8) is 0 Å². The lowest BCUT2D eigenvalue weighted by atomic mass is 10.1. The molecule has 0 bridgehead atoms. The van der Waals surface area contributed by atoms with Crippen LogP contribution in [-0.2, 0) is 0 Å². The number of rotatable bonds is 2. The maximum absolute atomic E-state index is 13.7. The SMILES string of the molecule is CC1(F)CCN(c2ccccc2C=O)C1. The molecule has 0 radical (unpaired) electrons. The number of hydrogen-bond donors (Lipinski definition) is 0. The third kappa shape index (κ3) is 2.01. The van der Waals surface area contributed by atoms with Crippen molar-refractivity contribution in [2.24, 2.45) is 0 Å². The molecule has 0 aromatic heterocycles. The van der Waals surface area contributed by atoms with E-state index in [1.807, 2.05) is 23.1 Å². The topological polar surface area (TPSA) is 20.3 Å². The van der Waals surface area contributed by atoms with Crippen LogP contribution in [0.25, 0.3) is 0 Å². The van der Waals surface area contributed by atoms with E-state index in [1.165, 1.54) is 0 Å². The highest BCUT2D eigenvalue weighted by molar-refractivity contribution is 5.84. The molecule has 0 aliphatic carbocycles. The molecule has 15 heavy (non-hydrogen) atoms. The van der Waals surface area contributed by atoms with Crippen LogP contribution in [0, 0.1) is 0 Å². The zero-order chi connectivity index (χ0) is 10.9. The van der Waals surface area contributed by atoms with Gasteiger partial charge < -0.3 is 4.90 Å². The van der Waals surface area contributed by atoms with E-state index in [1.54, 1.807) is 13.0 Å². The van der Waals surface area contributed by atoms with Crippen LogP contribution in [0.3, 0.4) is 0 Å². The van der Waals surface area contributed by atoms with E-state index < -0.39 is 5.67 Å². The van der Waals surface area contributed by atoms with Gasteiger partial charge in [-0.2, -0.15) is 0 Å². The average molecular weight is 207 g/mol. The first-order chi connectivity index (χ1) is 7.12. The summed E-state index contributed by atoms with van der Waals surface area (Å²) in [5.41, 5.74) is 0.347. The summed E-state index contributed by atoms with van der Waals surface area (Å²) in [4.78, 5) is 12.8. The van der Waals surface area contributed by atoms with Crippen molar-refractivity contribution in [1.29, 1.82) is 0 Å². The lowest BCUT2D eigenvalue weighted by molar-refractivity contribution is 0.112. The van der Waals surface area contributed by atoms with Crippen LogP contribution >= 0.6 is 0 Å². The molecule has 1 aromatic carbocycles. The Morgan fingerprint density at radius 3 is 2.80 bits per heavy atom. The molecule has 1 saturated heterocycles. The van der Waals surface area contributed by atoms with Crippen molar-refractivity contribution in [1.82, 2.24) is 0 Å². The maximum atomic E-state index is 13.7. The van der Waals surface area contributed by atoms with E-state index in [4.69, 9.17) is 0 Å². The molecule has 0 amide bonds. The number of nitrogens with zero attached hydrogens (tertiary/aromatic N) is 1. The Morgan fingerprint density at radius 1 is 1.47 bits per heavy atom. The van der Waals surface area contributed by atoms with Gasteiger partial charge in [-0.3, -0.25) is 4.79 Å². The van der Waals surface area contributed by atoms with Gasteiger partial charge in [0.1, 0.15) is 5.67 Å². The van der Waals surface area contributed by atoms with E-state index in [0.29, 0.717) is 25.1 Å². The highest BCUT2D eigenvalue weighted by atomic mass is 19.1. The number of benzene rings is 1. The van der Waals surface area contributed by atoms with Crippen molar-refractivity contribution < 1.29 is 9.18 Å². The molecule has 1 heterocycles. The molecule has 0 spiro atoms. The summed E-state index contributed by atoms with van der Waals surface area (Å²) in [7, 11) is 0. The second-order valence-corrected chi connectivity index (χ2v) is 4.26. The summed E-state index contributed by atoms with van der Waals surface area (Å²) in [5.74, 6) is 0. The summed E-state index contributed by atoms with van der Waals surface area (Å²) in [6, 6.07) is 7.32. The van der Waals surface area contributed by atoms with Gasteiger partial charge in [-0.1, -0.05) is 12.1 Å². The predicted molar refractivity (Wildman–Crippen MR) is 58.2 cm³/mol. The van der Waals surface area contributed by atoms with Crippen LogP contribution in [0.1, 0.15) is 23.7 Å². The smallest absolute Gasteiger partial charge is 0.152 e. The molecular formula is C12H14FNO. The van der Waals surface area contributed by atoms with Gasteiger partial charge in [0, 0.05) is 24.2 Å². The largest absolute Gasteiger partial charge is 0.368 e. The summed E-state index contributed by atoms with van der Waals surface area (Å²) in [5, 5.41) is 0. The number of aldehydes is 1. The van der Waals surface area contributed by atoms with E-state index in [2.05, 4.69) is 0 Å². The molecular weight excluding hydrogens is 193 g/mol. The maximum Gasteiger partial charge on any atom is 0.152 e. The summed E-state index contributed by atoms with van der Waals surface area (Å²) in [6.45, 7) is 2.66. The van der Waals surface area contributed by atoms with E-state index >= 15 is 0 Å². The average Bonchev–Trinajstić information content (AvgIpc) is 2.59. The van der Waals surface area contributed by atoms with Crippen LogP contribution in [0.5, 0.6) is 0 Å². The second-order valence-electron chi connectivity index (χ2n) is 4.26. The zero-order valence-electron chi connectivity index (χ0n) is 8.74. The molecule has 0 N–H and O–H groups in total. The normalized spacial score (nSPS) is 25.6. The molecule has 1 aliphatic heterocycles. The molecule has 1 unspecified atom stereocenters. The lowest BCUT2D eigenvalue weighted by Gasteiger charge is -2.20. The van der Waals surface area contributed by atoms with Crippen LogP contribution in [0.15, 0.2) is 24.3 Å². The van der Waals surface area contributed by atoms with Gasteiger partial charge in [-0.15, -0.1) is 0 Å². The Hall–Kier alpha value is -1.38. The van der Waals surface area contributed by atoms with Gasteiger partial charge in [0.15, 0.2) is 6.29 Å². The van der Waals surface area contributed by atoms with Crippen LogP contribution < -0.4 is 4.90 Å². The molecule has 1 aliphatic rings. The highest BCUT2D eigenvalue weighted by Crippen LogP contribution is 2.30. The molecule has 2 rings (SSSR count). The lowest BCUT2D eigenvalue weighted by Crippen LogP contribution is -2.26. The van der Waals surface area contributed by atoms with E-state index in [-0.39, 0.29) is 0 Å². The minimum Gasteiger partial charge on any atom is -0.368 e. The monoisotopic (exact) mass is 207 g/mol. The number of hydrogen-bond acceptors (Lipinski definition) is 2. The third-order valence-electron chi connectivity index (χ3n) is 2.83. The first kappa shape index (κ1) is 10.1. The van der Waals surface area contributed by atoms with E-state index in [9.17, 15) is 9.18 Å². The number of anilines is 1. The number of carbonyl (C=O) groups is 1. The fourth-order valence-corrected chi connectivity index (χ4v) is 2.00. The Balaban J connectivity index is 2.27. The van der Waals surface area contributed by atoms with Crippen LogP contribution in [0.2, 0.25) is 0 Å². The van der Waals surface area contributed by atoms with Gasteiger partial charge in [0.2, 0.25) is 0 Å².